The number of carbonyl (C=O) groups is 2. The molecule has 0 aliphatic heterocycles. The molecule has 0 fully saturated rings. The van der Waals surface area contributed by atoms with E-state index < -0.39 is 11.0 Å². The summed E-state index contributed by atoms with van der Waals surface area (Å²) in [5.41, 5.74) is 1.77. The number of benzene rings is 2. The van der Waals surface area contributed by atoms with Crippen molar-refractivity contribution in [2.45, 2.75) is 52.6 Å². The van der Waals surface area contributed by atoms with Gasteiger partial charge in [-0.25, -0.2) is 0 Å². The maximum Gasteiger partial charge on any atom is 0.311 e. The van der Waals surface area contributed by atoms with Gasteiger partial charge in [0, 0.05) is 25.2 Å². The lowest BCUT2D eigenvalue weighted by molar-refractivity contribution is -0.385. The predicted octanol–water partition coefficient (Wildman–Crippen LogP) is 4.01. The molecule has 2 aromatic carbocycles. The Morgan fingerprint density at radius 3 is 2.56 bits per heavy atom. The Hall–Kier alpha value is -3.62. The lowest BCUT2D eigenvalue weighted by Gasteiger charge is -2.30. The van der Waals surface area contributed by atoms with Crippen LogP contribution in [0.3, 0.4) is 0 Å². The minimum atomic E-state index is -0.653. The lowest BCUT2D eigenvalue weighted by atomic mass is 10.1. The molecule has 0 saturated heterocycles. The number of nitrogens with one attached hydrogen (secondary N) is 1. The van der Waals surface area contributed by atoms with E-state index in [9.17, 15) is 19.7 Å². The second-order valence-electron chi connectivity index (χ2n) is 7.96. The van der Waals surface area contributed by atoms with Crippen LogP contribution in [0.2, 0.25) is 0 Å². The third-order valence-electron chi connectivity index (χ3n) is 5.36. The van der Waals surface area contributed by atoms with Crippen LogP contribution in [0.4, 0.5) is 5.69 Å². The monoisotopic (exact) mass is 471 g/mol. The highest BCUT2D eigenvalue weighted by atomic mass is 16.6. The highest BCUT2D eigenvalue weighted by Crippen LogP contribution is 2.30. The number of nitro benzene ring substituents is 1. The van der Waals surface area contributed by atoms with Crippen molar-refractivity contribution < 1.29 is 24.0 Å². The molecular formula is C25H33N3O6. The first-order valence-corrected chi connectivity index (χ1v) is 11.4. The average Bonchev–Trinajstić information content (AvgIpc) is 2.82. The van der Waals surface area contributed by atoms with E-state index in [0.717, 1.165) is 24.0 Å². The molecule has 0 radical (unpaired) electrons. The van der Waals surface area contributed by atoms with Crippen molar-refractivity contribution >= 4 is 17.5 Å². The average molecular weight is 472 g/mol. The van der Waals surface area contributed by atoms with Crippen LogP contribution in [0.25, 0.3) is 0 Å². The van der Waals surface area contributed by atoms with Crippen LogP contribution in [-0.4, -0.2) is 47.9 Å². The number of ether oxygens (including phenoxy) is 2. The molecule has 0 bridgehead atoms. The van der Waals surface area contributed by atoms with Crippen molar-refractivity contribution in [3.63, 3.8) is 0 Å². The zero-order chi connectivity index (χ0) is 25.1. The number of carbonyl (C=O) groups excluding carboxylic acids is 2. The summed E-state index contributed by atoms with van der Waals surface area (Å²) in [7, 11) is 1.32. The van der Waals surface area contributed by atoms with E-state index in [0.29, 0.717) is 13.0 Å². The van der Waals surface area contributed by atoms with Crippen molar-refractivity contribution in [3.05, 3.63) is 63.7 Å². The van der Waals surface area contributed by atoms with Crippen molar-refractivity contribution in [2.24, 2.45) is 0 Å². The molecule has 0 heterocycles. The molecule has 2 rings (SSSR count). The molecule has 1 N–H and O–H groups in total. The summed E-state index contributed by atoms with van der Waals surface area (Å²) in [4.78, 5) is 38.2. The Labute approximate surface area is 200 Å². The summed E-state index contributed by atoms with van der Waals surface area (Å²) in [6, 6.07) is 11.2. The molecule has 9 heteroatoms. The van der Waals surface area contributed by atoms with Crippen LogP contribution in [0, 0.1) is 17.0 Å². The standard InChI is InChI=1S/C25H33N3O6/c1-5-7-13-26-25(30)21(6-2)27(16-19-10-8-9-18(3)14-19)24(29)17-34-20-11-12-22(28(31)32)23(15-20)33-4/h8-12,14-15,21H,5-7,13,16-17H2,1-4H3,(H,26,30)/t21-/m0/s1. The van der Waals surface area contributed by atoms with E-state index in [2.05, 4.69) is 5.32 Å². The van der Waals surface area contributed by atoms with Gasteiger partial charge in [-0.2, -0.15) is 0 Å². The summed E-state index contributed by atoms with van der Waals surface area (Å²) in [6.07, 6.45) is 2.26. The van der Waals surface area contributed by atoms with E-state index in [1.54, 1.807) is 0 Å². The van der Waals surface area contributed by atoms with Gasteiger partial charge >= 0.3 is 5.69 Å². The quantitative estimate of drug-likeness (QED) is 0.268. The Balaban J connectivity index is 2.22. The van der Waals surface area contributed by atoms with Crippen molar-refractivity contribution in [3.8, 4) is 11.5 Å². The fourth-order valence-corrected chi connectivity index (χ4v) is 3.56. The van der Waals surface area contributed by atoms with Gasteiger partial charge in [-0.3, -0.25) is 19.7 Å². The number of methoxy groups -OCH3 is 1. The van der Waals surface area contributed by atoms with Crippen LogP contribution in [0.5, 0.6) is 11.5 Å². The van der Waals surface area contributed by atoms with Crippen LogP contribution in [0.1, 0.15) is 44.2 Å². The molecule has 2 aromatic rings. The SMILES string of the molecule is CCCCNC(=O)[C@H](CC)N(Cc1cccc(C)c1)C(=O)COc1ccc([N+](=O)[O-])c(OC)c1. The first-order chi connectivity index (χ1) is 16.3. The zero-order valence-electron chi connectivity index (χ0n) is 20.2. The summed E-state index contributed by atoms with van der Waals surface area (Å²) in [6.45, 7) is 6.36. The number of unbranched alkanes of at least 4 members (excludes halogenated alkanes) is 1. The van der Waals surface area contributed by atoms with Crippen LogP contribution in [-0.2, 0) is 16.1 Å². The van der Waals surface area contributed by atoms with Gasteiger partial charge in [-0.05, 0) is 31.4 Å². The Bertz CT molecular complexity index is 994. The van der Waals surface area contributed by atoms with E-state index in [4.69, 9.17) is 9.47 Å². The lowest BCUT2D eigenvalue weighted by Crippen LogP contribution is -2.50. The molecule has 184 valence electrons. The molecule has 0 spiro atoms. The second-order valence-corrected chi connectivity index (χ2v) is 7.96. The summed E-state index contributed by atoms with van der Waals surface area (Å²) in [5.74, 6) is -0.273. The number of hydrogen-bond donors (Lipinski definition) is 1. The number of aryl methyl sites for hydroxylation is 1. The summed E-state index contributed by atoms with van der Waals surface area (Å²) >= 11 is 0. The fourth-order valence-electron chi connectivity index (χ4n) is 3.56. The van der Waals surface area contributed by atoms with E-state index in [-0.39, 0.29) is 42.2 Å². The topological polar surface area (TPSA) is 111 Å². The molecular weight excluding hydrogens is 438 g/mol. The molecule has 2 amide bonds. The molecule has 0 saturated carbocycles. The Kier molecular flexibility index (Phi) is 10.3. The second kappa shape index (κ2) is 13.2. The van der Waals surface area contributed by atoms with Crippen molar-refractivity contribution in [2.75, 3.05) is 20.3 Å². The molecule has 0 aliphatic rings. The predicted molar refractivity (Wildman–Crippen MR) is 129 cm³/mol. The highest BCUT2D eigenvalue weighted by molar-refractivity contribution is 5.88. The normalized spacial score (nSPS) is 11.4. The molecule has 34 heavy (non-hydrogen) atoms. The minimum absolute atomic E-state index is 0.0355. The van der Waals surface area contributed by atoms with Gasteiger partial charge in [0.2, 0.25) is 11.7 Å². The molecule has 0 aliphatic carbocycles. The van der Waals surface area contributed by atoms with Gasteiger partial charge in [-0.15, -0.1) is 0 Å². The largest absolute Gasteiger partial charge is 0.490 e. The van der Waals surface area contributed by atoms with Crippen LogP contribution < -0.4 is 14.8 Å². The number of hydrogen-bond acceptors (Lipinski definition) is 6. The minimum Gasteiger partial charge on any atom is -0.490 e. The number of nitrogens with zero attached hydrogens (tertiary/aromatic N) is 2. The van der Waals surface area contributed by atoms with Gasteiger partial charge < -0.3 is 19.7 Å². The smallest absolute Gasteiger partial charge is 0.311 e. The van der Waals surface area contributed by atoms with E-state index in [1.165, 1.54) is 30.2 Å². The Morgan fingerprint density at radius 2 is 1.94 bits per heavy atom. The highest BCUT2D eigenvalue weighted by Gasteiger charge is 2.29. The maximum absolute atomic E-state index is 13.3. The van der Waals surface area contributed by atoms with Crippen molar-refractivity contribution in [1.82, 2.24) is 10.2 Å². The fraction of sp³-hybridized carbons (Fsp3) is 0.440. The van der Waals surface area contributed by atoms with Crippen molar-refractivity contribution in [1.29, 1.82) is 0 Å². The van der Waals surface area contributed by atoms with Gasteiger partial charge in [0.1, 0.15) is 11.8 Å². The number of amides is 2. The zero-order valence-corrected chi connectivity index (χ0v) is 20.2. The Morgan fingerprint density at radius 1 is 1.18 bits per heavy atom. The molecule has 9 nitrogen and oxygen atoms in total. The van der Waals surface area contributed by atoms with Crippen LogP contribution in [0.15, 0.2) is 42.5 Å². The maximum atomic E-state index is 13.3. The van der Waals surface area contributed by atoms with Gasteiger partial charge in [0.15, 0.2) is 6.61 Å². The number of nitro groups is 1. The van der Waals surface area contributed by atoms with E-state index >= 15 is 0 Å². The molecule has 0 unspecified atom stereocenters. The van der Waals surface area contributed by atoms with Gasteiger partial charge in [0.25, 0.3) is 5.91 Å². The van der Waals surface area contributed by atoms with Gasteiger partial charge in [-0.1, -0.05) is 50.1 Å². The molecule has 0 aromatic heterocycles. The third kappa shape index (κ3) is 7.47. The first-order valence-electron chi connectivity index (χ1n) is 11.4. The number of rotatable bonds is 13. The van der Waals surface area contributed by atoms with E-state index in [1.807, 2.05) is 45.0 Å². The third-order valence-corrected chi connectivity index (χ3v) is 5.36. The van der Waals surface area contributed by atoms with Crippen LogP contribution >= 0.6 is 0 Å². The molecule has 1 atom stereocenters. The van der Waals surface area contributed by atoms with Gasteiger partial charge in [0.05, 0.1) is 12.0 Å². The summed E-state index contributed by atoms with van der Waals surface area (Å²) in [5, 5.41) is 14.0. The first kappa shape index (κ1) is 26.6. The summed E-state index contributed by atoms with van der Waals surface area (Å²) < 4.78 is 10.7.